The van der Waals surface area contributed by atoms with Gasteiger partial charge in [-0.3, -0.25) is 4.79 Å². The number of nitrogens with zero attached hydrogens (tertiary/aromatic N) is 3. The van der Waals surface area contributed by atoms with Crippen molar-refractivity contribution in [3.8, 4) is 0 Å². The van der Waals surface area contributed by atoms with Crippen molar-refractivity contribution in [3.05, 3.63) is 4.88 Å². The minimum absolute atomic E-state index is 0.0163. The zero-order chi connectivity index (χ0) is 15.0. The van der Waals surface area contributed by atoms with E-state index in [1.54, 1.807) is 0 Å². The first-order chi connectivity index (χ1) is 10.0. The molecule has 2 saturated heterocycles. The van der Waals surface area contributed by atoms with E-state index in [1.807, 2.05) is 18.7 Å². The Morgan fingerprint density at radius 1 is 1.29 bits per heavy atom. The topological polar surface area (TPSA) is 71.7 Å². The van der Waals surface area contributed by atoms with Crippen molar-refractivity contribution in [2.45, 2.75) is 38.9 Å². The number of rotatable bonds is 2. The van der Waals surface area contributed by atoms with Gasteiger partial charge in [-0.1, -0.05) is 11.3 Å². The van der Waals surface area contributed by atoms with Crippen LogP contribution in [0.4, 0.5) is 10.9 Å². The predicted molar refractivity (Wildman–Crippen MR) is 83.9 cm³/mol. The van der Waals surface area contributed by atoms with Crippen molar-refractivity contribution < 1.29 is 9.53 Å². The molecule has 0 aliphatic carbocycles. The summed E-state index contributed by atoms with van der Waals surface area (Å²) in [5.41, 5.74) is 5.98. The number of nitrogen functional groups attached to an aromatic ring is 1. The molecule has 0 radical (unpaired) electrons. The molecule has 7 heteroatoms. The smallest absolute Gasteiger partial charge is 0.268 e. The number of morpholine rings is 1. The molecule has 2 aliphatic rings. The van der Waals surface area contributed by atoms with Gasteiger partial charge in [-0.05, 0) is 26.7 Å². The van der Waals surface area contributed by atoms with Crippen LogP contribution in [0.5, 0.6) is 0 Å². The second kappa shape index (κ2) is 5.81. The van der Waals surface area contributed by atoms with E-state index in [0.29, 0.717) is 23.8 Å². The minimum Gasteiger partial charge on any atom is -0.382 e. The molecule has 3 rings (SSSR count). The van der Waals surface area contributed by atoms with Crippen LogP contribution in [0.2, 0.25) is 0 Å². The summed E-state index contributed by atoms with van der Waals surface area (Å²) in [5.74, 6) is 0.344. The van der Waals surface area contributed by atoms with E-state index in [-0.39, 0.29) is 18.1 Å². The molecule has 0 spiro atoms. The van der Waals surface area contributed by atoms with Gasteiger partial charge < -0.3 is 20.3 Å². The molecule has 2 N–H and O–H groups in total. The Morgan fingerprint density at radius 2 is 1.90 bits per heavy atom. The Kier molecular flexibility index (Phi) is 4.03. The lowest BCUT2D eigenvalue weighted by Gasteiger charge is -2.35. The summed E-state index contributed by atoms with van der Waals surface area (Å²) in [6, 6.07) is 0. The molecule has 1 amide bonds. The van der Waals surface area contributed by atoms with Gasteiger partial charge in [0.05, 0.1) is 12.2 Å². The molecule has 2 atom stereocenters. The van der Waals surface area contributed by atoms with Gasteiger partial charge >= 0.3 is 0 Å². The number of carbonyl (C=O) groups excluding carboxylic acids is 1. The van der Waals surface area contributed by atoms with Crippen molar-refractivity contribution in [1.29, 1.82) is 0 Å². The first-order valence-corrected chi connectivity index (χ1v) is 8.32. The van der Waals surface area contributed by atoms with Crippen LogP contribution in [0.1, 0.15) is 36.4 Å². The molecule has 21 heavy (non-hydrogen) atoms. The lowest BCUT2D eigenvalue weighted by Crippen LogP contribution is -2.48. The zero-order valence-electron chi connectivity index (χ0n) is 12.5. The standard InChI is InChI=1S/C14H22N4O2S/c1-9-7-18(8-10(2)20-9)13(19)11-12(15)16-14(21-11)17-5-3-4-6-17/h9-10H,3-8,15H2,1-2H3. The molecule has 1 aromatic rings. The average molecular weight is 310 g/mol. The number of hydrogen-bond acceptors (Lipinski definition) is 6. The molecule has 2 fully saturated rings. The molecule has 1 aromatic heterocycles. The first-order valence-electron chi connectivity index (χ1n) is 7.50. The molecule has 6 nitrogen and oxygen atoms in total. The van der Waals surface area contributed by atoms with Crippen LogP contribution < -0.4 is 10.6 Å². The van der Waals surface area contributed by atoms with Crippen molar-refractivity contribution in [2.24, 2.45) is 0 Å². The van der Waals surface area contributed by atoms with Gasteiger partial charge in [0.2, 0.25) is 0 Å². The number of anilines is 2. The molecular formula is C14H22N4O2S. The maximum Gasteiger partial charge on any atom is 0.268 e. The highest BCUT2D eigenvalue weighted by atomic mass is 32.1. The normalized spacial score (nSPS) is 26.4. The third kappa shape index (κ3) is 2.98. The average Bonchev–Trinajstić information content (AvgIpc) is 3.05. The summed E-state index contributed by atoms with van der Waals surface area (Å²) in [6.07, 6.45) is 2.48. The fraction of sp³-hybridized carbons (Fsp3) is 0.714. The molecule has 116 valence electrons. The Labute approximate surface area is 128 Å². The highest BCUT2D eigenvalue weighted by Gasteiger charge is 2.30. The Hall–Kier alpha value is -1.34. The Balaban J connectivity index is 1.77. The SMILES string of the molecule is CC1CN(C(=O)c2sc(N3CCCC3)nc2N)CC(C)O1. The van der Waals surface area contributed by atoms with E-state index in [2.05, 4.69) is 9.88 Å². The van der Waals surface area contributed by atoms with E-state index in [1.165, 1.54) is 24.2 Å². The fourth-order valence-electron chi connectivity index (χ4n) is 3.00. The molecule has 0 bridgehead atoms. The van der Waals surface area contributed by atoms with Crippen molar-refractivity contribution in [1.82, 2.24) is 9.88 Å². The molecule has 3 heterocycles. The van der Waals surface area contributed by atoms with Crippen LogP contribution in [0.15, 0.2) is 0 Å². The maximum atomic E-state index is 12.7. The van der Waals surface area contributed by atoms with Crippen LogP contribution in [0.25, 0.3) is 0 Å². The number of nitrogens with two attached hydrogens (primary N) is 1. The Morgan fingerprint density at radius 3 is 2.52 bits per heavy atom. The summed E-state index contributed by atoms with van der Waals surface area (Å²) < 4.78 is 5.67. The van der Waals surface area contributed by atoms with Gasteiger partial charge in [0, 0.05) is 26.2 Å². The van der Waals surface area contributed by atoms with Crippen LogP contribution >= 0.6 is 11.3 Å². The summed E-state index contributed by atoms with van der Waals surface area (Å²) in [5, 5.41) is 0.878. The third-order valence-corrected chi connectivity index (χ3v) is 5.04. The second-order valence-corrected chi connectivity index (χ2v) is 6.85. The van der Waals surface area contributed by atoms with Crippen molar-refractivity contribution in [2.75, 3.05) is 36.8 Å². The number of amides is 1. The molecule has 0 saturated carbocycles. The highest BCUT2D eigenvalue weighted by Crippen LogP contribution is 2.31. The van der Waals surface area contributed by atoms with Crippen molar-refractivity contribution in [3.63, 3.8) is 0 Å². The van der Waals surface area contributed by atoms with Crippen LogP contribution in [-0.2, 0) is 4.74 Å². The zero-order valence-corrected chi connectivity index (χ0v) is 13.4. The monoisotopic (exact) mass is 310 g/mol. The fourth-order valence-corrected chi connectivity index (χ4v) is 4.01. The van der Waals surface area contributed by atoms with E-state index in [0.717, 1.165) is 18.2 Å². The number of ether oxygens (including phenoxy) is 1. The van der Waals surface area contributed by atoms with Crippen LogP contribution in [0.3, 0.4) is 0 Å². The van der Waals surface area contributed by atoms with Gasteiger partial charge in [-0.2, -0.15) is 0 Å². The molecular weight excluding hydrogens is 288 g/mol. The largest absolute Gasteiger partial charge is 0.382 e. The van der Waals surface area contributed by atoms with E-state index < -0.39 is 0 Å². The quantitative estimate of drug-likeness (QED) is 0.898. The van der Waals surface area contributed by atoms with Gasteiger partial charge in [0.15, 0.2) is 5.13 Å². The van der Waals surface area contributed by atoms with Crippen LogP contribution in [0, 0.1) is 0 Å². The van der Waals surface area contributed by atoms with Crippen molar-refractivity contribution >= 4 is 28.2 Å². The summed E-state index contributed by atoms with van der Waals surface area (Å²) in [7, 11) is 0. The number of aromatic nitrogens is 1. The number of hydrogen-bond donors (Lipinski definition) is 1. The Bertz CT molecular complexity index is 517. The summed E-state index contributed by atoms with van der Waals surface area (Å²) in [6.45, 7) is 7.21. The van der Waals surface area contributed by atoms with Crippen LogP contribution in [-0.4, -0.2) is 54.2 Å². The third-order valence-electron chi connectivity index (χ3n) is 3.92. The first kappa shape index (κ1) is 14.6. The van der Waals surface area contributed by atoms with E-state index >= 15 is 0 Å². The van der Waals surface area contributed by atoms with E-state index in [9.17, 15) is 4.79 Å². The lowest BCUT2D eigenvalue weighted by atomic mass is 10.2. The predicted octanol–water partition coefficient (Wildman–Crippen LogP) is 1.57. The summed E-state index contributed by atoms with van der Waals surface area (Å²) in [4.78, 5) is 21.7. The second-order valence-electron chi connectivity index (χ2n) is 5.87. The molecule has 0 aromatic carbocycles. The van der Waals surface area contributed by atoms with Gasteiger partial charge in [-0.25, -0.2) is 4.98 Å². The molecule has 2 unspecified atom stereocenters. The number of carbonyl (C=O) groups is 1. The summed E-state index contributed by atoms with van der Waals surface area (Å²) >= 11 is 1.42. The van der Waals surface area contributed by atoms with Gasteiger partial charge in [0.1, 0.15) is 10.7 Å². The van der Waals surface area contributed by atoms with Gasteiger partial charge in [-0.15, -0.1) is 0 Å². The minimum atomic E-state index is -0.0163. The number of thiazole rings is 1. The van der Waals surface area contributed by atoms with Gasteiger partial charge in [0.25, 0.3) is 5.91 Å². The highest BCUT2D eigenvalue weighted by molar-refractivity contribution is 7.18. The molecule has 2 aliphatic heterocycles. The maximum absolute atomic E-state index is 12.7. The lowest BCUT2D eigenvalue weighted by molar-refractivity contribution is -0.0584. The van der Waals surface area contributed by atoms with E-state index in [4.69, 9.17) is 10.5 Å².